The van der Waals surface area contributed by atoms with Crippen molar-refractivity contribution in [3.8, 4) is 11.5 Å². The summed E-state index contributed by atoms with van der Waals surface area (Å²) in [6, 6.07) is 17.0. The highest BCUT2D eigenvalue weighted by atomic mass is 16.5. The van der Waals surface area contributed by atoms with Crippen LogP contribution in [0.1, 0.15) is 23.0 Å². The Morgan fingerprint density at radius 3 is 2.60 bits per heavy atom. The summed E-state index contributed by atoms with van der Waals surface area (Å²) in [4.78, 5) is 28.3. The maximum absolute atomic E-state index is 13.4. The third kappa shape index (κ3) is 3.52. The Morgan fingerprint density at radius 2 is 1.90 bits per heavy atom. The molecule has 1 aliphatic rings. The van der Waals surface area contributed by atoms with E-state index in [4.69, 9.17) is 9.15 Å². The summed E-state index contributed by atoms with van der Waals surface area (Å²) < 4.78 is 12.6. The molecule has 0 aliphatic carbocycles. The number of hydrogen-bond donors (Lipinski definition) is 1. The zero-order valence-corrected chi connectivity index (χ0v) is 17.1. The smallest absolute Gasteiger partial charge is 0.271 e. The van der Waals surface area contributed by atoms with Crippen molar-refractivity contribution in [2.45, 2.75) is 25.6 Å². The molecule has 3 heterocycles. The topological polar surface area (TPSA) is 76.7 Å². The number of nitrogens with one attached hydrogen (secondary N) is 1. The molecule has 0 saturated heterocycles. The first-order chi connectivity index (χ1) is 14.5. The molecule has 30 heavy (non-hydrogen) atoms. The van der Waals surface area contributed by atoms with Gasteiger partial charge in [0.05, 0.1) is 25.1 Å². The second-order valence-corrected chi connectivity index (χ2v) is 7.56. The summed E-state index contributed by atoms with van der Waals surface area (Å²) in [6.45, 7) is 3.19. The van der Waals surface area contributed by atoms with Gasteiger partial charge in [0.15, 0.2) is 0 Å². The van der Waals surface area contributed by atoms with E-state index in [2.05, 4.69) is 5.32 Å². The number of furan rings is 1. The fourth-order valence-electron chi connectivity index (χ4n) is 3.91. The summed E-state index contributed by atoms with van der Waals surface area (Å²) in [5, 5.41) is 3.00. The fourth-order valence-corrected chi connectivity index (χ4v) is 3.91. The summed E-state index contributed by atoms with van der Waals surface area (Å²) in [7, 11) is 1.58. The molecule has 0 fully saturated rings. The van der Waals surface area contributed by atoms with Crippen molar-refractivity contribution in [1.29, 1.82) is 0 Å². The van der Waals surface area contributed by atoms with Gasteiger partial charge in [-0.15, -0.1) is 0 Å². The van der Waals surface area contributed by atoms with Crippen LogP contribution in [0.25, 0.3) is 11.5 Å². The van der Waals surface area contributed by atoms with Crippen LogP contribution in [0.3, 0.4) is 0 Å². The molecule has 1 aromatic carbocycles. The molecule has 0 saturated carbocycles. The lowest BCUT2D eigenvalue weighted by atomic mass is 9.94. The van der Waals surface area contributed by atoms with Crippen molar-refractivity contribution in [2.75, 3.05) is 20.3 Å². The van der Waals surface area contributed by atoms with Crippen molar-refractivity contribution in [3.05, 3.63) is 72.1 Å². The van der Waals surface area contributed by atoms with Crippen LogP contribution in [0.2, 0.25) is 0 Å². The monoisotopic (exact) mass is 407 g/mol. The maximum atomic E-state index is 13.4. The molecule has 156 valence electrons. The van der Waals surface area contributed by atoms with Gasteiger partial charge in [0.1, 0.15) is 17.0 Å². The number of rotatable bonds is 7. The van der Waals surface area contributed by atoms with Crippen LogP contribution in [-0.2, 0) is 22.6 Å². The van der Waals surface area contributed by atoms with Gasteiger partial charge in [-0.3, -0.25) is 9.59 Å². The van der Waals surface area contributed by atoms with E-state index < -0.39 is 5.54 Å². The third-order valence-corrected chi connectivity index (χ3v) is 5.58. The van der Waals surface area contributed by atoms with Crippen molar-refractivity contribution < 1.29 is 18.7 Å². The molecule has 1 atom stereocenters. The minimum Gasteiger partial charge on any atom is -0.463 e. The second kappa shape index (κ2) is 8.20. The first-order valence-corrected chi connectivity index (χ1v) is 9.91. The number of carbonyl (C=O) groups excluding carboxylic acids is 2. The van der Waals surface area contributed by atoms with Crippen LogP contribution in [0.5, 0.6) is 0 Å². The molecule has 1 N–H and O–H groups in total. The first kappa shape index (κ1) is 20.0. The molecule has 7 nitrogen and oxygen atoms in total. The number of methoxy groups -OCH3 is 1. The molecule has 7 heteroatoms. The van der Waals surface area contributed by atoms with E-state index >= 15 is 0 Å². The molecule has 4 rings (SSSR count). The fraction of sp³-hybridized carbons (Fsp3) is 0.304. The molecular weight excluding hydrogens is 382 g/mol. The number of carbonyl (C=O) groups is 2. The van der Waals surface area contributed by atoms with Gasteiger partial charge in [-0.25, -0.2) is 0 Å². The van der Waals surface area contributed by atoms with E-state index in [0.29, 0.717) is 37.7 Å². The number of aromatic nitrogens is 1. The average molecular weight is 407 g/mol. The molecular formula is C23H25N3O4. The van der Waals surface area contributed by atoms with E-state index in [1.165, 1.54) is 0 Å². The first-order valence-electron chi connectivity index (χ1n) is 9.91. The second-order valence-electron chi connectivity index (χ2n) is 7.56. The lowest BCUT2D eigenvalue weighted by molar-refractivity contribution is -0.133. The molecule has 2 amide bonds. The quantitative estimate of drug-likeness (QED) is 0.653. The van der Waals surface area contributed by atoms with Crippen LogP contribution < -0.4 is 5.32 Å². The van der Waals surface area contributed by atoms with Crippen LogP contribution in [0.4, 0.5) is 0 Å². The SMILES string of the molecule is COCCN1C(=O)c2ccc(-c3ccco3)n2C[C@@]1(C)C(=O)NCc1ccccc1. The van der Waals surface area contributed by atoms with Crippen molar-refractivity contribution >= 4 is 11.8 Å². The van der Waals surface area contributed by atoms with Crippen molar-refractivity contribution in [1.82, 2.24) is 14.8 Å². The highest BCUT2D eigenvalue weighted by Gasteiger charge is 2.47. The van der Waals surface area contributed by atoms with E-state index in [9.17, 15) is 9.59 Å². The summed E-state index contributed by atoms with van der Waals surface area (Å²) in [5.74, 6) is 0.250. The largest absolute Gasteiger partial charge is 0.463 e. The lowest BCUT2D eigenvalue weighted by Gasteiger charge is -2.44. The van der Waals surface area contributed by atoms with Gasteiger partial charge in [-0.1, -0.05) is 30.3 Å². The minimum atomic E-state index is -1.07. The number of fused-ring (bicyclic) bond motifs is 1. The Bertz CT molecular complexity index is 1030. The van der Waals surface area contributed by atoms with Gasteiger partial charge in [0.25, 0.3) is 5.91 Å². The number of benzene rings is 1. The average Bonchev–Trinajstić information content (AvgIpc) is 3.42. The Morgan fingerprint density at radius 1 is 1.13 bits per heavy atom. The van der Waals surface area contributed by atoms with Crippen LogP contribution in [-0.4, -0.2) is 47.1 Å². The Hall–Kier alpha value is -3.32. The Kier molecular flexibility index (Phi) is 5.46. The standard InChI is InChI=1S/C23H25N3O4/c1-23(22(28)24-15-17-7-4-3-5-8-17)16-25-18(20-9-6-13-30-20)10-11-19(25)21(27)26(23)12-14-29-2/h3-11,13H,12,14-16H2,1-2H3,(H,24,28)/t23-/m0/s1. The number of amides is 2. The third-order valence-electron chi connectivity index (χ3n) is 5.58. The number of hydrogen-bond acceptors (Lipinski definition) is 4. The number of nitrogens with zero attached hydrogens (tertiary/aromatic N) is 2. The summed E-state index contributed by atoms with van der Waals surface area (Å²) in [5.41, 5.74) is 1.23. The Balaban J connectivity index is 1.66. The van der Waals surface area contributed by atoms with Gasteiger partial charge in [0, 0.05) is 20.2 Å². The highest BCUT2D eigenvalue weighted by molar-refractivity contribution is 6.00. The predicted molar refractivity (Wildman–Crippen MR) is 112 cm³/mol. The molecule has 0 radical (unpaired) electrons. The molecule has 0 spiro atoms. The van der Waals surface area contributed by atoms with Gasteiger partial charge >= 0.3 is 0 Å². The predicted octanol–water partition coefficient (Wildman–Crippen LogP) is 2.93. The lowest BCUT2D eigenvalue weighted by Crippen LogP contribution is -2.64. The van der Waals surface area contributed by atoms with Crippen LogP contribution in [0, 0.1) is 0 Å². The molecule has 3 aromatic rings. The maximum Gasteiger partial charge on any atom is 0.271 e. The Labute approximate surface area is 175 Å². The van der Waals surface area contributed by atoms with E-state index in [1.54, 1.807) is 37.3 Å². The molecule has 2 aromatic heterocycles. The van der Waals surface area contributed by atoms with E-state index in [-0.39, 0.29) is 11.8 Å². The zero-order valence-electron chi connectivity index (χ0n) is 17.1. The zero-order chi connectivity index (χ0) is 21.1. The summed E-state index contributed by atoms with van der Waals surface area (Å²) in [6.07, 6.45) is 1.59. The van der Waals surface area contributed by atoms with Crippen LogP contribution in [0.15, 0.2) is 65.3 Å². The van der Waals surface area contributed by atoms with Crippen molar-refractivity contribution in [3.63, 3.8) is 0 Å². The highest BCUT2D eigenvalue weighted by Crippen LogP contribution is 2.33. The number of ether oxygens (including phenoxy) is 1. The van der Waals surface area contributed by atoms with Crippen LogP contribution >= 0.6 is 0 Å². The van der Waals surface area contributed by atoms with Gasteiger partial charge in [-0.05, 0) is 36.8 Å². The molecule has 0 bridgehead atoms. The van der Waals surface area contributed by atoms with Gasteiger partial charge < -0.3 is 23.9 Å². The van der Waals surface area contributed by atoms with Gasteiger partial charge in [0.2, 0.25) is 5.91 Å². The molecule has 1 aliphatic heterocycles. The minimum absolute atomic E-state index is 0.200. The van der Waals surface area contributed by atoms with Gasteiger partial charge in [-0.2, -0.15) is 0 Å². The summed E-state index contributed by atoms with van der Waals surface area (Å²) >= 11 is 0. The van der Waals surface area contributed by atoms with E-state index in [1.807, 2.05) is 47.0 Å². The van der Waals surface area contributed by atoms with E-state index in [0.717, 1.165) is 11.3 Å². The van der Waals surface area contributed by atoms with Crippen molar-refractivity contribution in [2.24, 2.45) is 0 Å². The molecule has 0 unspecified atom stereocenters. The normalized spacial score (nSPS) is 18.3.